The predicted molar refractivity (Wildman–Crippen MR) is 74.5 cm³/mol. The number of hydrogen-bond donors (Lipinski definition) is 1. The number of piperidine rings is 1. The van der Waals surface area contributed by atoms with Gasteiger partial charge in [0.25, 0.3) is 0 Å². The Morgan fingerprint density at radius 3 is 2.82 bits per heavy atom. The van der Waals surface area contributed by atoms with Crippen molar-refractivity contribution in [3.8, 4) is 12.3 Å². The van der Waals surface area contributed by atoms with Gasteiger partial charge in [-0.2, -0.15) is 0 Å². The van der Waals surface area contributed by atoms with Crippen LogP contribution in [0.3, 0.4) is 0 Å². The first-order valence-corrected chi connectivity index (χ1v) is 7.11. The van der Waals surface area contributed by atoms with Gasteiger partial charge in [0.1, 0.15) is 0 Å². The predicted octanol–water partition coefficient (Wildman–Crippen LogP) is 2.59. The van der Waals surface area contributed by atoms with E-state index in [1.165, 1.54) is 17.7 Å². The maximum Gasteiger partial charge on any atom is 0.0931 e. The number of thiophene rings is 1. The minimum absolute atomic E-state index is 0.616. The molecule has 4 heteroatoms. The van der Waals surface area contributed by atoms with Gasteiger partial charge in [0.15, 0.2) is 0 Å². The summed E-state index contributed by atoms with van der Waals surface area (Å²) in [7, 11) is 0. The summed E-state index contributed by atoms with van der Waals surface area (Å²) in [6, 6.07) is 4.66. The third-order valence-corrected chi connectivity index (χ3v) is 4.33. The summed E-state index contributed by atoms with van der Waals surface area (Å²) >= 11 is 7.55. The summed E-state index contributed by atoms with van der Waals surface area (Å²) in [6.45, 7) is 3.92. The highest BCUT2D eigenvalue weighted by atomic mass is 35.5. The fraction of sp³-hybridized carbons (Fsp3) is 0.538. The molecule has 1 aromatic rings. The van der Waals surface area contributed by atoms with Crippen LogP contribution < -0.4 is 5.32 Å². The second-order valence-electron chi connectivity index (χ2n) is 4.34. The normalized spacial score (nSPS) is 18.1. The van der Waals surface area contributed by atoms with Crippen LogP contribution in [0.2, 0.25) is 4.34 Å². The molecule has 2 rings (SSSR count). The van der Waals surface area contributed by atoms with E-state index in [1.807, 2.05) is 6.07 Å². The highest BCUT2D eigenvalue weighted by Gasteiger charge is 2.17. The molecule has 1 N–H and O–H groups in total. The van der Waals surface area contributed by atoms with Crippen LogP contribution in [-0.4, -0.2) is 30.6 Å². The molecule has 0 atom stereocenters. The van der Waals surface area contributed by atoms with Crippen LogP contribution in [0.5, 0.6) is 0 Å². The number of nitrogens with zero attached hydrogens (tertiary/aromatic N) is 1. The summed E-state index contributed by atoms with van der Waals surface area (Å²) in [5, 5.41) is 3.59. The SMILES string of the molecule is C#CCN1CCC(NCc2ccc(Cl)s2)CC1. The van der Waals surface area contributed by atoms with E-state index in [0.29, 0.717) is 6.04 Å². The molecule has 17 heavy (non-hydrogen) atoms. The summed E-state index contributed by atoms with van der Waals surface area (Å²) in [5.41, 5.74) is 0. The van der Waals surface area contributed by atoms with Crippen LogP contribution in [0.4, 0.5) is 0 Å². The van der Waals surface area contributed by atoms with E-state index in [-0.39, 0.29) is 0 Å². The minimum Gasteiger partial charge on any atom is -0.309 e. The molecule has 0 radical (unpaired) electrons. The quantitative estimate of drug-likeness (QED) is 0.845. The first-order chi connectivity index (χ1) is 8.28. The Bertz CT molecular complexity index is 388. The largest absolute Gasteiger partial charge is 0.309 e. The lowest BCUT2D eigenvalue weighted by Crippen LogP contribution is -2.42. The Labute approximate surface area is 112 Å². The third kappa shape index (κ3) is 4.01. The molecule has 0 saturated carbocycles. The van der Waals surface area contributed by atoms with Crippen LogP contribution in [-0.2, 0) is 6.54 Å². The lowest BCUT2D eigenvalue weighted by Gasteiger charge is -2.31. The maximum absolute atomic E-state index is 5.90. The molecular formula is C13H17ClN2S. The molecule has 1 fully saturated rings. The zero-order chi connectivity index (χ0) is 12.1. The van der Waals surface area contributed by atoms with Crippen LogP contribution in [0.1, 0.15) is 17.7 Å². The zero-order valence-corrected chi connectivity index (χ0v) is 11.4. The van der Waals surface area contributed by atoms with E-state index in [0.717, 1.165) is 30.5 Å². The summed E-state index contributed by atoms with van der Waals surface area (Å²) in [5.74, 6) is 2.71. The monoisotopic (exact) mass is 268 g/mol. The van der Waals surface area contributed by atoms with E-state index < -0.39 is 0 Å². The van der Waals surface area contributed by atoms with Gasteiger partial charge in [-0.15, -0.1) is 17.8 Å². The minimum atomic E-state index is 0.616. The Morgan fingerprint density at radius 2 is 2.24 bits per heavy atom. The first-order valence-electron chi connectivity index (χ1n) is 5.91. The molecule has 0 aromatic carbocycles. The molecular weight excluding hydrogens is 252 g/mol. The molecule has 1 aliphatic heterocycles. The molecule has 0 spiro atoms. The van der Waals surface area contributed by atoms with E-state index in [2.05, 4.69) is 22.2 Å². The first kappa shape index (κ1) is 12.9. The van der Waals surface area contributed by atoms with Crippen molar-refractivity contribution < 1.29 is 0 Å². The van der Waals surface area contributed by atoms with Crippen molar-refractivity contribution >= 4 is 22.9 Å². The van der Waals surface area contributed by atoms with Gasteiger partial charge in [0.05, 0.1) is 10.9 Å². The molecule has 1 aliphatic rings. The van der Waals surface area contributed by atoms with Gasteiger partial charge in [-0.05, 0) is 25.0 Å². The van der Waals surface area contributed by atoms with Crippen molar-refractivity contribution in [2.45, 2.75) is 25.4 Å². The summed E-state index contributed by atoms with van der Waals surface area (Å²) in [4.78, 5) is 3.64. The van der Waals surface area contributed by atoms with Crippen molar-refractivity contribution in [2.24, 2.45) is 0 Å². The second-order valence-corrected chi connectivity index (χ2v) is 6.14. The molecule has 2 heterocycles. The molecule has 1 saturated heterocycles. The molecule has 92 valence electrons. The van der Waals surface area contributed by atoms with Crippen molar-refractivity contribution in [3.05, 3.63) is 21.3 Å². The Morgan fingerprint density at radius 1 is 1.47 bits per heavy atom. The van der Waals surface area contributed by atoms with Crippen LogP contribution in [0, 0.1) is 12.3 Å². The van der Waals surface area contributed by atoms with Gasteiger partial charge >= 0.3 is 0 Å². The molecule has 1 aromatic heterocycles. The topological polar surface area (TPSA) is 15.3 Å². The standard InChI is InChI=1S/C13H17ClN2S/c1-2-7-16-8-5-11(6-9-16)15-10-12-3-4-13(14)17-12/h1,3-4,11,15H,5-10H2. The fourth-order valence-corrected chi connectivity index (χ4v) is 3.15. The lowest BCUT2D eigenvalue weighted by atomic mass is 10.1. The van der Waals surface area contributed by atoms with E-state index >= 15 is 0 Å². The summed E-state index contributed by atoms with van der Waals surface area (Å²) in [6.07, 6.45) is 7.68. The van der Waals surface area contributed by atoms with Crippen molar-refractivity contribution in [1.82, 2.24) is 10.2 Å². The lowest BCUT2D eigenvalue weighted by molar-refractivity contribution is 0.217. The smallest absolute Gasteiger partial charge is 0.0931 e. The highest BCUT2D eigenvalue weighted by Crippen LogP contribution is 2.21. The number of terminal acetylenes is 1. The molecule has 0 amide bonds. The fourth-order valence-electron chi connectivity index (χ4n) is 2.12. The number of likely N-dealkylation sites (tertiary alicyclic amines) is 1. The van der Waals surface area contributed by atoms with Crippen molar-refractivity contribution in [1.29, 1.82) is 0 Å². The van der Waals surface area contributed by atoms with E-state index in [1.54, 1.807) is 11.3 Å². The Hall–Kier alpha value is -0.530. The molecule has 0 unspecified atom stereocenters. The number of hydrogen-bond acceptors (Lipinski definition) is 3. The Balaban J connectivity index is 1.70. The van der Waals surface area contributed by atoms with Gasteiger partial charge in [-0.3, -0.25) is 4.90 Å². The average Bonchev–Trinajstić information content (AvgIpc) is 2.75. The van der Waals surface area contributed by atoms with Gasteiger partial charge in [0.2, 0.25) is 0 Å². The highest BCUT2D eigenvalue weighted by molar-refractivity contribution is 7.16. The van der Waals surface area contributed by atoms with Gasteiger partial charge < -0.3 is 5.32 Å². The van der Waals surface area contributed by atoms with E-state index in [9.17, 15) is 0 Å². The van der Waals surface area contributed by atoms with Crippen molar-refractivity contribution in [3.63, 3.8) is 0 Å². The second kappa shape index (κ2) is 6.42. The molecule has 0 bridgehead atoms. The van der Waals surface area contributed by atoms with Crippen LogP contribution >= 0.6 is 22.9 Å². The van der Waals surface area contributed by atoms with Gasteiger partial charge in [-0.1, -0.05) is 17.5 Å². The third-order valence-electron chi connectivity index (χ3n) is 3.10. The van der Waals surface area contributed by atoms with Gasteiger partial charge in [0, 0.05) is 30.6 Å². The van der Waals surface area contributed by atoms with Gasteiger partial charge in [-0.25, -0.2) is 0 Å². The number of halogens is 1. The number of nitrogens with one attached hydrogen (secondary N) is 1. The molecule has 0 aliphatic carbocycles. The Kier molecular flexibility index (Phi) is 4.87. The van der Waals surface area contributed by atoms with Crippen LogP contribution in [0.15, 0.2) is 12.1 Å². The van der Waals surface area contributed by atoms with E-state index in [4.69, 9.17) is 18.0 Å². The summed E-state index contributed by atoms with van der Waals surface area (Å²) < 4.78 is 0.866. The van der Waals surface area contributed by atoms with Crippen molar-refractivity contribution in [2.75, 3.05) is 19.6 Å². The number of rotatable bonds is 4. The average molecular weight is 269 g/mol. The molecule has 2 nitrogen and oxygen atoms in total. The maximum atomic E-state index is 5.90. The zero-order valence-electron chi connectivity index (χ0n) is 9.79. The van der Waals surface area contributed by atoms with Crippen LogP contribution in [0.25, 0.3) is 0 Å².